The predicted octanol–water partition coefficient (Wildman–Crippen LogP) is 2.64. The van der Waals surface area contributed by atoms with Crippen LogP contribution in [0.1, 0.15) is 52.0 Å². The molecule has 2 aromatic rings. The van der Waals surface area contributed by atoms with Gasteiger partial charge in [-0.05, 0) is 49.6 Å². The van der Waals surface area contributed by atoms with Gasteiger partial charge in [0.15, 0.2) is 0 Å². The van der Waals surface area contributed by atoms with E-state index in [0.29, 0.717) is 18.7 Å². The number of methoxy groups -OCH3 is 1. The third-order valence-corrected chi connectivity index (χ3v) is 7.21. The van der Waals surface area contributed by atoms with Crippen molar-refractivity contribution in [2.75, 3.05) is 20.2 Å². The van der Waals surface area contributed by atoms with Gasteiger partial charge in [-0.15, -0.1) is 0 Å². The summed E-state index contributed by atoms with van der Waals surface area (Å²) in [6.07, 6.45) is 3.58. The van der Waals surface area contributed by atoms with Crippen molar-refractivity contribution < 1.29 is 22.7 Å². The Labute approximate surface area is 182 Å². The quantitative estimate of drug-likeness (QED) is 0.689. The summed E-state index contributed by atoms with van der Waals surface area (Å²) in [6.45, 7) is 2.67. The largest absolute Gasteiger partial charge is 0.495 e. The van der Waals surface area contributed by atoms with Crippen molar-refractivity contribution in [1.82, 2.24) is 15.2 Å². The smallest absolute Gasteiger partial charge is 0.269 e. The van der Waals surface area contributed by atoms with Gasteiger partial charge in [0.05, 0.1) is 7.11 Å². The van der Waals surface area contributed by atoms with Gasteiger partial charge in [-0.2, -0.15) is 4.31 Å². The molecule has 0 aromatic heterocycles. The van der Waals surface area contributed by atoms with Crippen molar-refractivity contribution in [2.24, 2.45) is 0 Å². The molecule has 3 rings (SSSR count). The number of rotatable bonds is 5. The van der Waals surface area contributed by atoms with E-state index >= 15 is 0 Å². The van der Waals surface area contributed by atoms with Crippen LogP contribution in [0.4, 0.5) is 0 Å². The van der Waals surface area contributed by atoms with Gasteiger partial charge >= 0.3 is 0 Å². The number of nitrogens with one attached hydrogen (secondary N) is 2. The van der Waals surface area contributed by atoms with Gasteiger partial charge in [-0.25, -0.2) is 8.42 Å². The first-order valence-corrected chi connectivity index (χ1v) is 11.6. The van der Waals surface area contributed by atoms with Crippen molar-refractivity contribution in [2.45, 2.75) is 37.5 Å². The van der Waals surface area contributed by atoms with Crippen LogP contribution in [0, 0.1) is 6.92 Å². The summed E-state index contributed by atoms with van der Waals surface area (Å²) in [5, 5.41) is 0. The Bertz CT molecular complexity index is 1060. The van der Waals surface area contributed by atoms with E-state index in [2.05, 4.69) is 10.9 Å². The van der Waals surface area contributed by atoms with Crippen molar-refractivity contribution in [3.8, 4) is 5.75 Å². The number of aryl methyl sites for hydroxylation is 1. The first kappa shape index (κ1) is 22.8. The summed E-state index contributed by atoms with van der Waals surface area (Å²) in [5.74, 6) is -0.918. The molecule has 0 unspecified atom stereocenters. The molecule has 0 radical (unpaired) electrons. The van der Waals surface area contributed by atoms with Crippen molar-refractivity contribution in [3.63, 3.8) is 0 Å². The molecule has 166 valence electrons. The minimum Gasteiger partial charge on any atom is -0.495 e. The lowest BCUT2D eigenvalue weighted by molar-refractivity contribution is 0.0846. The molecule has 0 aliphatic carbocycles. The van der Waals surface area contributed by atoms with E-state index < -0.39 is 21.8 Å². The molecule has 31 heavy (non-hydrogen) atoms. The molecular formula is C22H27N3O5S. The van der Waals surface area contributed by atoms with Gasteiger partial charge in [0.1, 0.15) is 10.6 Å². The summed E-state index contributed by atoms with van der Waals surface area (Å²) in [7, 11) is -2.44. The number of hydrogen-bond donors (Lipinski definition) is 2. The van der Waals surface area contributed by atoms with Crippen LogP contribution in [0.25, 0.3) is 0 Å². The van der Waals surface area contributed by atoms with E-state index in [4.69, 9.17) is 4.74 Å². The van der Waals surface area contributed by atoms with Gasteiger partial charge in [-0.1, -0.05) is 31.0 Å². The lowest BCUT2D eigenvalue weighted by Gasteiger charge is -2.21. The summed E-state index contributed by atoms with van der Waals surface area (Å²) < 4.78 is 33.1. The second-order valence-electron chi connectivity index (χ2n) is 7.41. The van der Waals surface area contributed by atoms with Crippen molar-refractivity contribution >= 4 is 21.8 Å². The molecule has 1 fully saturated rings. The Balaban J connectivity index is 1.80. The standard InChI is InChI=1S/C22H27N3O5S/c1-16-9-5-6-10-18(16)22(27)24-23-21(26)17-11-12-19(30-2)20(15-17)31(28,29)25-13-7-3-4-8-14-25/h5-6,9-12,15H,3-4,7-8,13-14H2,1-2H3,(H,23,26)(H,24,27). The SMILES string of the molecule is COc1ccc(C(=O)NNC(=O)c2ccccc2C)cc1S(=O)(=O)N1CCCCCC1. The number of amides is 2. The minimum absolute atomic E-state index is 0.0604. The molecule has 1 aliphatic heterocycles. The average molecular weight is 446 g/mol. The van der Waals surface area contributed by atoms with E-state index in [1.165, 1.54) is 29.6 Å². The molecule has 1 saturated heterocycles. The number of nitrogens with zero attached hydrogens (tertiary/aromatic N) is 1. The third-order valence-electron chi connectivity index (χ3n) is 5.29. The maximum atomic E-state index is 13.2. The Hall–Kier alpha value is -2.91. The molecule has 2 amide bonds. The fourth-order valence-electron chi connectivity index (χ4n) is 3.52. The molecule has 0 atom stereocenters. The number of benzene rings is 2. The lowest BCUT2D eigenvalue weighted by atomic mass is 10.1. The molecule has 2 N–H and O–H groups in total. The summed E-state index contributed by atoms with van der Waals surface area (Å²) in [4.78, 5) is 24.9. The Kier molecular flexibility index (Phi) is 7.29. The van der Waals surface area contributed by atoms with Crippen LogP contribution in [-0.2, 0) is 10.0 Å². The molecule has 0 spiro atoms. The van der Waals surface area contributed by atoms with E-state index in [9.17, 15) is 18.0 Å². The Morgan fingerprint density at radius 1 is 0.935 bits per heavy atom. The van der Waals surface area contributed by atoms with E-state index in [0.717, 1.165) is 31.2 Å². The highest BCUT2D eigenvalue weighted by molar-refractivity contribution is 7.89. The zero-order chi connectivity index (χ0) is 22.4. The first-order chi connectivity index (χ1) is 14.8. The molecule has 2 aromatic carbocycles. The van der Waals surface area contributed by atoms with Crippen LogP contribution in [0.5, 0.6) is 5.75 Å². The van der Waals surface area contributed by atoms with E-state index in [1.807, 2.05) is 6.07 Å². The molecule has 0 saturated carbocycles. The van der Waals surface area contributed by atoms with Gasteiger partial charge in [0.2, 0.25) is 10.0 Å². The summed E-state index contributed by atoms with van der Waals surface area (Å²) in [5.41, 5.74) is 6.01. The van der Waals surface area contributed by atoms with Gasteiger partial charge in [-0.3, -0.25) is 20.4 Å². The topological polar surface area (TPSA) is 105 Å². The molecule has 8 nitrogen and oxygen atoms in total. The monoisotopic (exact) mass is 445 g/mol. The van der Waals surface area contributed by atoms with Crippen LogP contribution in [0.3, 0.4) is 0 Å². The fourth-order valence-corrected chi connectivity index (χ4v) is 5.22. The molecule has 1 aliphatic rings. The van der Waals surface area contributed by atoms with Gasteiger partial charge in [0, 0.05) is 24.2 Å². The van der Waals surface area contributed by atoms with Gasteiger partial charge < -0.3 is 4.74 Å². The number of ether oxygens (including phenoxy) is 1. The Morgan fingerprint density at radius 2 is 1.58 bits per heavy atom. The van der Waals surface area contributed by atoms with E-state index in [1.54, 1.807) is 25.1 Å². The molecular weight excluding hydrogens is 418 g/mol. The van der Waals surface area contributed by atoms with E-state index in [-0.39, 0.29) is 16.2 Å². The zero-order valence-electron chi connectivity index (χ0n) is 17.7. The second-order valence-corrected chi connectivity index (χ2v) is 9.31. The maximum absolute atomic E-state index is 13.2. The summed E-state index contributed by atoms with van der Waals surface area (Å²) in [6, 6.07) is 11.2. The molecule has 9 heteroatoms. The normalized spacial score (nSPS) is 15.0. The maximum Gasteiger partial charge on any atom is 0.269 e. The van der Waals surface area contributed by atoms with Crippen LogP contribution in [-0.4, -0.2) is 44.7 Å². The average Bonchev–Trinajstić information content (AvgIpc) is 3.07. The fraction of sp³-hybridized carbons (Fsp3) is 0.364. The van der Waals surface area contributed by atoms with Crippen LogP contribution in [0.15, 0.2) is 47.4 Å². The number of carbonyl (C=O) groups is 2. The van der Waals surface area contributed by atoms with Gasteiger partial charge in [0.25, 0.3) is 11.8 Å². The summed E-state index contributed by atoms with van der Waals surface area (Å²) >= 11 is 0. The molecule has 1 heterocycles. The van der Waals surface area contributed by atoms with Crippen LogP contribution in [0.2, 0.25) is 0 Å². The number of carbonyl (C=O) groups excluding carboxylic acids is 2. The highest BCUT2D eigenvalue weighted by atomic mass is 32.2. The lowest BCUT2D eigenvalue weighted by Crippen LogP contribution is -2.42. The predicted molar refractivity (Wildman–Crippen MR) is 116 cm³/mol. The minimum atomic E-state index is -3.82. The molecule has 0 bridgehead atoms. The third kappa shape index (κ3) is 5.23. The number of hydrazine groups is 1. The zero-order valence-corrected chi connectivity index (χ0v) is 18.5. The van der Waals surface area contributed by atoms with Crippen molar-refractivity contribution in [3.05, 3.63) is 59.2 Å². The second kappa shape index (κ2) is 9.93. The first-order valence-electron chi connectivity index (χ1n) is 10.2. The Morgan fingerprint density at radius 3 is 2.23 bits per heavy atom. The van der Waals surface area contributed by atoms with Crippen LogP contribution >= 0.6 is 0 Å². The van der Waals surface area contributed by atoms with Crippen molar-refractivity contribution in [1.29, 1.82) is 0 Å². The van der Waals surface area contributed by atoms with Crippen LogP contribution < -0.4 is 15.6 Å². The number of hydrogen-bond acceptors (Lipinski definition) is 5. The highest BCUT2D eigenvalue weighted by Crippen LogP contribution is 2.29. The number of sulfonamides is 1. The highest BCUT2D eigenvalue weighted by Gasteiger charge is 2.29.